The molecule has 1 amide bonds. The molecule has 0 aliphatic carbocycles. The molecule has 30 heavy (non-hydrogen) atoms. The molecule has 2 saturated heterocycles. The Kier molecular flexibility index (Phi) is 5.10. The normalized spacial score (nSPS) is 19.3. The van der Waals surface area contributed by atoms with Crippen LogP contribution in [0.3, 0.4) is 0 Å². The molecule has 9 nitrogen and oxygen atoms in total. The van der Waals surface area contributed by atoms with Gasteiger partial charge in [0.15, 0.2) is 0 Å². The van der Waals surface area contributed by atoms with E-state index in [1.807, 2.05) is 6.07 Å². The van der Waals surface area contributed by atoms with Gasteiger partial charge in [-0.25, -0.2) is 19.9 Å². The van der Waals surface area contributed by atoms with E-state index in [2.05, 4.69) is 37.0 Å². The van der Waals surface area contributed by atoms with Gasteiger partial charge in [-0.05, 0) is 24.3 Å². The first-order valence-corrected chi connectivity index (χ1v) is 10.1. The van der Waals surface area contributed by atoms with E-state index < -0.39 is 0 Å². The van der Waals surface area contributed by atoms with Crippen molar-refractivity contribution in [2.75, 3.05) is 44.3 Å². The third kappa shape index (κ3) is 3.76. The number of hydrogen-bond donors (Lipinski definition) is 0. The summed E-state index contributed by atoms with van der Waals surface area (Å²) in [6, 6.07) is 7.81. The quantitative estimate of drug-likeness (QED) is 0.644. The number of carbonyl (C=O) groups is 1. The third-order valence-corrected chi connectivity index (χ3v) is 5.44. The lowest BCUT2D eigenvalue weighted by molar-refractivity contribution is 0.0734. The molecule has 1 aromatic carbocycles. The van der Waals surface area contributed by atoms with Crippen LogP contribution in [0.15, 0.2) is 43.0 Å². The summed E-state index contributed by atoms with van der Waals surface area (Å²) in [6.07, 6.45) is 5.60. The lowest BCUT2D eigenvalue weighted by atomic mass is 10.2. The van der Waals surface area contributed by atoms with Crippen LogP contribution in [0, 0.1) is 0 Å². The Hall–Kier alpha value is -3.33. The van der Waals surface area contributed by atoms with E-state index in [0.29, 0.717) is 25.6 Å². The van der Waals surface area contributed by atoms with Gasteiger partial charge in [0.05, 0.1) is 24.1 Å². The van der Waals surface area contributed by atoms with Crippen molar-refractivity contribution in [2.45, 2.75) is 12.5 Å². The molecular weight excluding hydrogens is 384 g/mol. The van der Waals surface area contributed by atoms with Crippen molar-refractivity contribution in [1.29, 1.82) is 0 Å². The Morgan fingerprint density at radius 3 is 2.67 bits per heavy atom. The minimum absolute atomic E-state index is 0.0292. The zero-order valence-corrected chi connectivity index (χ0v) is 16.5. The van der Waals surface area contributed by atoms with Crippen LogP contribution < -0.4 is 9.64 Å². The zero-order valence-electron chi connectivity index (χ0n) is 16.5. The summed E-state index contributed by atoms with van der Waals surface area (Å²) in [4.78, 5) is 33.5. The Morgan fingerprint density at radius 1 is 1.07 bits per heavy atom. The van der Waals surface area contributed by atoms with Crippen molar-refractivity contribution < 1.29 is 14.3 Å². The molecule has 0 radical (unpaired) electrons. The molecule has 1 unspecified atom stereocenters. The number of hydrogen-bond acceptors (Lipinski definition) is 8. The van der Waals surface area contributed by atoms with Crippen molar-refractivity contribution >= 4 is 22.5 Å². The van der Waals surface area contributed by atoms with Gasteiger partial charge in [0.1, 0.15) is 12.4 Å². The molecule has 2 fully saturated rings. The average Bonchev–Trinajstić information content (AvgIpc) is 3.32. The summed E-state index contributed by atoms with van der Waals surface area (Å²) < 4.78 is 11.5. The number of aromatic nitrogens is 4. The first-order chi connectivity index (χ1) is 14.8. The maximum Gasteiger partial charge on any atom is 0.291 e. The number of fused-ring (bicyclic) bond motifs is 1. The van der Waals surface area contributed by atoms with Crippen molar-refractivity contribution in [2.24, 2.45) is 0 Å². The Morgan fingerprint density at radius 2 is 1.90 bits per heavy atom. The summed E-state index contributed by atoms with van der Waals surface area (Å²) in [5, 5.41) is 0.887. The zero-order chi connectivity index (χ0) is 20.3. The second-order valence-corrected chi connectivity index (χ2v) is 7.34. The molecule has 154 valence electrons. The van der Waals surface area contributed by atoms with Gasteiger partial charge in [0, 0.05) is 50.7 Å². The number of ether oxygens (including phenoxy) is 2. The van der Waals surface area contributed by atoms with Crippen molar-refractivity contribution in [3.8, 4) is 5.88 Å². The van der Waals surface area contributed by atoms with E-state index in [4.69, 9.17) is 9.47 Å². The predicted molar refractivity (Wildman–Crippen MR) is 110 cm³/mol. The minimum Gasteiger partial charge on any atom is -0.471 e. The van der Waals surface area contributed by atoms with Gasteiger partial charge in [-0.15, -0.1) is 0 Å². The fourth-order valence-electron chi connectivity index (χ4n) is 3.79. The number of anilines is 1. The van der Waals surface area contributed by atoms with Crippen LogP contribution in [0.2, 0.25) is 0 Å². The summed E-state index contributed by atoms with van der Waals surface area (Å²) >= 11 is 0. The van der Waals surface area contributed by atoms with Crippen LogP contribution in [-0.4, -0.2) is 76.2 Å². The highest BCUT2D eigenvalue weighted by atomic mass is 16.5. The lowest BCUT2D eigenvalue weighted by Crippen LogP contribution is -2.49. The van der Waals surface area contributed by atoms with Gasteiger partial charge in [0.25, 0.3) is 5.91 Å². The van der Waals surface area contributed by atoms with Gasteiger partial charge < -0.3 is 19.3 Å². The number of benzene rings is 1. The average molecular weight is 406 g/mol. The number of carbonyl (C=O) groups excluding carboxylic acids is 1. The van der Waals surface area contributed by atoms with E-state index in [-0.39, 0.29) is 17.8 Å². The van der Waals surface area contributed by atoms with Crippen molar-refractivity contribution in [1.82, 2.24) is 24.8 Å². The van der Waals surface area contributed by atoms with Crippen LogP contribution in [-0.2, 0) is 4.74 Å². The van der Waals surface area contributed by atoms with Crippen LogP contribution in [0.25, 0.3) is 10.9 Å². The van der Waals surface area contributed by atoms with Gasteiger partial charge in [0.2, 0.25) is 11.7 Å². The summed E-state index contributed by atoms with van der Waals surface area (Å²) in [7, 11) is 0. The molecule has 0 bridgehead atoms. The fraction of sp³-hybridized carbons (Fsp3) is 0.381. The van der Waals surface area contributed by atoms with Crippen molar-refractivity contribution in [3.05, 3.63) is 48.8 Å². The van der Waals surface area contributed by atoms with E-state index in [1.165, 1.54) is 6.33 Å². The molecule has 1 atom stereocenters. The van der Waals surface area contributed by atoms with E-state index in [0.717, 1.165) is 42.7 Å². The fourth-order valence-corrected chi connectivity index (χ4v) is 3.79. The first kappa shape index (κ1) is 18.7. The van der Waals surface area contributed by atoms with Crippen LogP contribution >= 0.6 is 0 Å². The van der Waals surface area contributed by atoms with Crippen LogP contribution in [0.5, 0.6) is 5.88 Å². The van der Waals surface area contributed by atoms with Gasteiger partial charge in [-0.1, -0.05) is 0 Å². The maximum absolute atomic E-state index is 12.6. The van der Waals surface area contributed by atoms with Crippen LogP contribution in [0.4, 0.5) is 5.69 Å². The maximum atomic E-state index is 12.6. The van der Waals surface area contributed by atoms with Crippen molar-refractivity contribution in [3.63, 3.8) is 0 Å². The van der Waals surface area contributed by atoms with E-state index in [9.17, 15) is 4.79 Å². The van der Waals surface area contributed by atoms with Gasteiger partial charge in [-0.2, -0.15) is 0 Å². The highest BCUT2D eigenvalue weighted by Gasteiger charge is 2.24. The highest BCUT2D eigenvalue weighted by Crippen LogP contribution is 2.29. The highest BCUT2D eigenvalue weighted by molar-refractivity contribution is 5.90. The first-order valence-electron chi connectivity index (χ1n) is 10.1. The smallest absolute Gasteiger partial charge is 0.291 e. The number of rotatable bonds is 4. The van der Waals surface area contributed by atoms with Crippen LogP contribution in [0.1, 0.15) is 17.0 Å². The second-order valence-electron chi connectivity index (χ2n) is 7.34. The van der Waals surface area contributed by atoms with E-state index >= 15 is 0 Å². The molecule has 3 aromatic rings. The Labute approximate surface area is 173 Å². The van der Waals surface area contributed by atoms with Gasteiger partial charge in [-0.3, -0.25) is 4.79 Å². The Balaban J connectivity index is 1.31. The second kappa shape index (κ2) is 8.19. The molecule has 2 aliphatic rings. The molecule has 0 spiro atoms. The molecule has 2 aliphatic heterocycles. The minimum atomic E-state index is -0.128. The largest absolute Gasteiger partial charge is 0.471 e. The third-order valence-electron chi connectivity index (χ3n) is 5.44. The number of amides is 1. The SMILES string of the molecule is O=C(c1ncccn1)N1CCN(c2ccc3ncnc(OC4CCOC4)c3c2)CC1. The molecular formula is C21H22N6O3. The molecule has 2 aromatic heterocycles. The number of nitrogens with zero attached hydrogens (tertiary/aromatic N) is 6. The van der Waals surface area contributed by atoms with E-state index in [1.54, 1.807) is 23.4 Å². The standard InChI is InChI=1S/C21H22N6O3/c28-21(19-22-5-1-6-23-19)27-9-7-26(8-10-27)15-2-3-18-17(12-15)20(25-14-24-18)30-16-4-11-29-13-16/h1-3,5-6,12,14,16H,4,7-11,13H2. The van der Waals surface area contributed by atoms with Gasteiger partial charge >= 0.3 is 0 Å². The predicted octanol–water partition coefficient (Wildman–Crippen LogP) is 1.55. The molecule has 5 rings (SSSR count). The molecule has 0 saturated carbocycles. The molecule has 9 heteroatoms. The monoisotopic (exact) mass is 406 g/mol. The summed E-state index contributed by atoms with van der Waals surface area (Å²) in [6.45, 7) is 3.99. The number of piperazine rings is 1. The molecule has 4 heterocycles. The summed E-state index contributed by atoms with van der Waals surface area (Å²) in [5.41, 5.74) is 1.91. The lowest BCUT2D eigenvalue weighted by Gasteiger charge is -2.35. The Bertz CT molecular complexity index is 1030. The topological polar surface area (TPSA) is 93.6 Å². The summed E-state index contributed by atoms with van der Waals surface area (Å²) in [5.74, 6) is 0.704. The molecule has 0 N–H and O–H groups in total.